The van der Waals surface area contributed by atoms with Gasteiger partial charge in [0, 0.05) is 23.0 Å². The van der Waals surface area contributed by atoms with Gasteiger partial charge in [-0.15, -0.1) is 0 Å². The van der Waals surface area contributed by atoms with Crippen molar-refractivity contribution in [1.29, 1.82) is 0 Å². The molecule has 0 aromatic heterocycles. The molecule has 6 nitrogen and oxygen atoms in total. The lowest BCUT2D eigenvalue weighted by Crippen LogP contribution is -2.04. The molecule has 3 aromatic rings. The molecule has 12 heteroatoms. The second kappa shape index (κ2) is 36.3. The van der Waals surface area contributed by atoms with E-state index in [-0.39, 0.29) is 5.75 Å². The van der Waals surface area contributed by atoms with E-state index in [9.17, 15) is 9.59 Å². The number of aldehydes is 2. The smallest absolute Gasteiger partial charge is 0.150 e. The first-order chi connectivity index (χ1) is 22.2. The molecule has 266 valence electrons. The predicted octanol–water partition coefficient (Wildman–Crippen LogP) is 12.3. The molecule has 47 heavy (non-hydrogen) atoms. The van der Waals surface area contributed by atoms with Crippen LogP contribution in [-0.4, -0.2) is 38.6 Å². The molecule has 0 spiro atoms. The topological polar surface area (TPSA) is 98.9 Å². The van der Waals surface area contributed by atoms with Gasteiger partial charge in [0.25, 0.3) is 0 Å². The van der Waals surface area contributed by atoms with Gasteiger partial charge in [0.2, 0.25) is 0 Å². The number of carbonyl (C=O) groups is 2. The van der Waals surface area contributed by atoms with Gasteiger partial charge in [-0.25, -0.2) is 0 Å². The molecule has 0 aliphatic rings. The van der Waals surface area contributed by atoms with Crippen molar-refractivity contribution in [2.75, 3.05) is 21.0 Å². The van der Waals surface area contributed by atoms with E-state index in [0.717, 1.165) is 47.4 Å². The molecule has 0 amide bonds. The van der Waals surface area contributed by atoms with E-state index in [0.29, 0.717) is 36.1 Å². The quantitative estimate of drug-likeness (QED) is 0.119. The van der Waals surface area contributed by atoms with E-state index >= 15 is 0 Å². The number of benzene rings is 3. The van der Waals surface area contributed by atoms with E-state index < -0.39 is 0 Å². The minimum atomic E-state index is 0.181. The molecule has 0 heterocycles. The lowest BCUT2D eigenvalue weighted by atomic mass is 10.2. The number of halogens is 6. The molecule has 3 rings (SSSR count). The van der Waals surface area contributed by atoms with Crippen LogP contribution < -0.4 is 15.2 Å². The van der Waals surface area contributed by atoms with Gasteiger partial charge in [0.05, 0.1) is 15.6 Å². The number of phenolic OH excluding ortho intramolecular Hbond substituents is 1. The minimum Gasteiger partial charge on any atom is -0.508 e. The van der Waals surface area contributed by atoms with E-state index in [1.165, 1.54) is 14.6 Å². The summed E-state index contributed by atoms with van der Waals surface area (Å²) < 4.78 is 12.9. The largest absolute Gasteiger partial charge is 0.508 e. The van der Waals surface area contributed by atoms with Crippen molar-refractivity contribution in [3.8, 4) is 17.2 Å². The Labute approximate surface area is 360 Å². The van der Waals surface area contributed by atoms with Gasteiger partial charge in [0.1, 0.15) is 29.8 Å². The first-order valence-electron chi connectivity index (χ1n) is 14.6. The summed E-state index contributed by atoms with van der Waals surface area (Å²) in [5.41, 5.74) is 7.87. The Bertz CT molecular complexity index is 1120. The molecule has 0 bridgehead atoms. The van der Waals surface area contributed by atoms with Gasteiger partial charge in [-0.3, -0.25) is 9.59 Å². The van der Waals surface area contributed by atoms with Crippen molar-refractivity contribution in [1.82, 2.24) is 0 Å². The average molecular weight is 1280 g/mol. The van der Waals surface area contributed by atoms with Crippen molar-refractivity contribution in [3.05, 3.63) is 89.5 Å². The Morgan fingerprint density at radius 1 is 0.681 bits per heavy atom. The van der Waals surface area contributed by atoms with Gasteiger partial charge >= 0.3 is 0 Å². The lowest BCUT2D eigenvalue weighted by Gasteiger charge is -2.08. The summed E-state index contributed by atoms with van der Waals surface area (Å²) in [4.78, 5) is 20.4. The highest BCUT2D eigenvalue weighted by atomic mass is 127. The molecule has 0 aliphatic heterocycles. The molecule has 0 unspecified atom stereocenters. The molecule has 0 fully saturated rings. The lowest BCUT2D eigenvalue weighted by molar-refractivity contribution is 0.111. The van der Waals surface area contributed by atoms with Crippen LogP contribution in [0, 0.1) is 17.8 Å². The highest BCUT2D eigenvalue weighted by molar-refractivity contribution is 14.3. The van der Waals surface area contributed by atoms with Crippen molar-refractivity contribution < 1.29 is 24.2 Å². The van der Waals surface area contributed by atoms with E-state index in [4.69, 9.17) is 20.3 Å². The van der Waals surface area contributed by atoms with Crippen LogP contribution in [0.25, 0.3) is 0 Å². The maximum Gasteiger partial charge on any atom is 0.150 e. The molecular weight excluding hydrogens is 1230 g/mol. The fraction of sp³-hybridized carbons (Fsp3) is 0.429. The normalized spacial score (nSPS) is 9.55. The highest BCUT2D eigenvalue weighted by Gasteiger charge is 1.98. The molecule has 0 atom stereocenters. The molecule has 0 saturated carbocycles. The Kier molecular flexibility index (Phi) is 40.0. The van der Waals surface area contributed by atoms with Crippen LogP contribution in [0.3, 0.4) is 0 Å². The van der Waals surface area contributed by atoms with Crippen LogP contribution in [0.15, 0.2) is 72.8 Å². The van der Waals surface area contributed by atoms with Crippen LogP contribution >= 0.6 is 129 Å². The SMILES string of the molecule is CC(C)CBr.CC(C)COc1ccc(C=O)cc1.CC(C)COc1ccc(CN)cc1.IC(I)I.ICI.O=Cc1ccc(O)cc1. The first-order valence-corrected chi connectivity index (χ1v) is 22.5. The summed E-state index contributed by atoms with van der Waals surface area (Å²) in [6, 6.07) is 21.1. The summed E-state index contributed by atoms with van der Waals surface area (Å²) in [6.45, 7) is 14.9. The molecule has 0 radical (unpaired) electrons. The Morgan fingerprint density at radius 2 is 0.979 bits per heavy atom. The fourth-order valence-electron chi connectivity index (χ4n) is 2.44. The van der Waals surface area contributed by atoms with Crippen molar-refractivity contribution in [2.24, 2.45) is 23.5 Å². The third kappa shape index (κ3) is 39.1. The number of hydrogen-bond donors (Lipinski definition) is 2. The van der Waals surface area contributed by atoms with Gasteiger partial charge in [-0.05, 0) is 84.0 Å². The van der Waals surface area contributed by atoms with Crippen LogP contribution in [0.5, 0.6) is 17.2 Å². The highest BCUT2D eigenvalue weighted by Crippen LogP contribution is 2.16. The van der Waals surface area contributed by atoms with E-state index in [1.807, 2.05) is 36.4 Å². The second-order valence-corrected chi connectivity index (χ2v) is 26.5. The monoisotopic (exact) mass is 1280 g/mol. The number of ether oxygens (including phenoxy) is 2. The Balaban J connectivity index is -0.000000533. The van der Waals surface area contributed by atoms with Crippen LogP contribution in [0.4, 0.5) is 0 Å². The zero-order valence-corrected chi connectivity index (χ0v) is 40.2. The number of carbonyl (C=O) groups excluding carboxylic acids is 2. The van der Waals surface area contributed by atoms with E-state index in [2.05, 4.69) is 170 Å². The van der Waals surface area contributed by atoms with Gasteiger partial charge in [-0.2, -0.15) is 0 Å². The molecule has 0 aliphatic carbocycles. The van der Waals surface area contributed by atoms with Crippen LogP contribution in [-0.2, 0) is 6.54 Å². The fourth-order valence-corrected chi connectivity index (χ4v) is 2.44. The average Bonchev–Trinajstić information content (AvgIpc) is 3.04. The summed E-state index contributed by atoms with van der Waals surface area (Å²) in [6.07, 6.45) is 1.56. The molecule has 3 aromatic carbocycles. The minimum absolute atomic E-state index is 0.181. The number of aromatic hydroxyl groups is 1. The van der Waals surface area contributed by atoms with E-state index in [1.54, 1.807) is 24.3 Å². The summed E-state index contributed by atoms with van der Waals surface area (Å²) in [7, 11) is 0. The maximum atomic E-state index is 10.3. The van der Waals surface area contributed by atoms with Crippen molar-refractivity contribution >= 4 is 141 Å². The zero-order valence-electron chi connectivity index (χ0n) is 27.9. The van der Waals surface area contributed by atoms with Crippen LogP contribution in [0.2, 0.25) is 0 Å². The van der Waals surface area contributed by atoms with Gasteiger partial charge in [-0.1, -0.05) is 183 Å². The Hall–Kier alpha value is 0.490. The second-order valence-electron chi connectivity index (χ2n) is 10.6. The number of nitrogens with two attached hydrogens (primary N) is 1. The Morgan fingerprint density at radius 3 is 1.23 bits per heavy atom. The van der Waals surface area contributed by atoms with Crippen LogP contribution in [0.1, 0.15) is 67.8 Å². The third-order valence-electron chi connectivity index (χ3n) is 4.68. The zero-order chi connectivity index (χ0) is 36.6. The van der Waals surface area contributed by atoms with Gasteiger partial charge < -0.3 is 20.3 Å². The first kappa shape index (κ1) is 51.9. The predicted molar refractivity (Wildman–Crippen MR) is 248 cm³/mol. The third-order valence-corrected chi connectivity index (χ3v) is 5.97. The van der Waals surface area contributed by atoms with Crippen molar-refractivity contribution in [3.63, 3.8) is 0 Å². The maximum absolute atomic E-state index is 10.3. The van der Waals surface area contributed by atoms with Gasteiger partial charge in [0.15, 0.2) is 0 Å². The number of alkyl halides is 6. The molecular formula is C35H49BrI5NO5. The summed E-state index contributed by atoms with van der Waals surface area (Å²) in [5, 5.41) is 9.85. The standard InChI is InChI=1S/C11H17NO.C11H14O2.C7H6O2.C4H9Br.CHI3.CH2I2/c2*1-9(2)8-13-11-5-3-10(7-12)4-6-11;8-5-6-1-3-7(9)4-2-6;1-4(2)3-5;2-1(3)4;2-1-3/h3-6,9H,7-8,12H2,1-2H3;3-7,9H,8H2,1-2H3;1-5,9H;4H,3H2,1-2H3;1H;1H2. The number of hydrogen-bond acceptors (Lipinski definition) is 6. The summed E-state index contributed by atoms with van der Waals surface area (Å²) in [5.74, 6) is 3.81. The summed E-state index contributed by atoms with van der Waals surface area (Å²) >= 11 is 14.8. The number of rotatable bonds is 10. The number of phenols is 1. The van der Waals surface area contributed by atoms with Crippen molar-refractivity contribution in [2.45, 2.75) is 48.0 Å². The molecule has 0 saturated heterocycles. The molecule has 3 N–H and O–H groups in total.